The van der Waals surface area contributed by atoms with Gasteiger partial charge in [0.15, 0.2) is 0 Å². The standard InChI is InChI=1S/C17H23NO2S2/c19-16(18-8-1-9-20-12-13-2-3-13)14-4-6-15(7-5-14)17-21-10-11-22-17/h4-7,13,17H,1-3,8-12H2,(H,18,19). The molecule has 0 radical (unpaired) electrons. The van der Waals surface area contributed by atoms with Crippen LogP contribution in [0.5, 0.6) is 0 Å². The lowest BCUT2D eigenvalue weighted by Crippen LogP contribution is -2.25. The predicted molar refractivity (Wildman–Crippen MR) is 94.6 cm³/mol. The average molecular weight is 338 g/mol. The van der Waals surface area contributed by atoms with Crippen molar-refractivity contribution in [3.63, 3.8) is 0 Å². The maximum Gasteiger partial charge on any atom is 0.251 e. The van der Waals surface area contributed by atoms with E-state index in [2.05, 4.69) is 17.4 Å². The first-order valence-electron chi connectivity index (χ1n) is 8.02. The van der Waals surface area contributed by atoms with Crippen LogP contribution in [0.2, 0.25) is 0 Å². The molecule has 1 aromatic carbocycles. The molecule has 0 aromatic heterocycles. The summed E-state index contributed by atoms with van der Waals surface area (Å²) >= 11 is 3.97. The fourth-order valence-electron chi connectivity index (χ4n) is 2.36. The van der Waals surface area contributed by atoms with Crippen LogP contribution >= 0.6 is 23.5 Å². The van der Waals surface area contributed by atoms with Crippen LogP contribution in [0, 0.1) is 5.92 Å². The van der Waals surface area contributed by atoms with Gasteiger partial charge in [-0.1, -0.05) is 12.1 Å². The number of carbonyl (C=O) groups is 1. The monoisotopic (exact) mass is 337 g/mol. The highest BCUT2D eigenvalue weighted by Gasteiger charge is 2.21. The molecule has 1 aliphatic heterocycles. The van der Waals surface area contributed by atoms with E-state index in [4.69, 9.17) is 4.74 Å². The molecule has 22 heavy (non-hydrogen) atoms. The van der Waals surface area contributed by atoms with E-state index in [0.717, 1.165) is 31.1 Å². The lowest BCUT2D eigenvalue weighted by molar-refractivity contribution is 0.0937. The van der Waals surface area contributed by atoms with Gasteiger partial charge in [-0.15, -0.1) is 23.5 Å². The van der Waals surface area contributed by atoms with Crippen molar-refractivity contribution in [2.24, 2.45) is 5.92 Å². The molecule has 0 atom stereocenters. The summed E-state index contributed by atoms with van der Waals surface area (Å²) in [4.78, 5) is 12.1. The highest BCUT2D eigenvalue weighted by molar-refractivity contribution is 8.19. The van der Waals surface area contributed by atoms with E-state index < -0.39 is 0 Å². The van der Waals surface area contributed by atoms with Gasteiger partial charge >= 0.3 is 0 Å². The summed E-state index contributed by atoms with van der Waals surface area (Å²) in [7, 11) is 0. The van der Waals surface area contributed by atoms with Gasteiger partial charge in [-0.2, -0.15) is 0 Å². The summed E-state index contributed by atoms with van der Waals surface area (Å²) in [5, 5.41) is 2.96. The Kier molecular flexibility index (Phi) is 6.10. The maximum atomic E-state index is 12.1. The minimum atomic E-state index is 0.0143. The van der Waals surface area contributed by atoms with Crippen molar-refractivity contribution in [1.29, 1.82) is 0 Å². The number of nitrogens with one attached hydrogen (secondary N) is 1. The van der Waals surface area contributed by atoms with E-state index in [1.807, 2.05) is 35.7 Å². The summed E-state index contributed by atoms with van der Waals surface area (Å²) in [6, 6.07) is 8.05. The van der Waals surface area contributed by atoms with Gasteiger partial charge in [0.1, 0.15) is 0 Å². The minimum Gasteiger partial charge on any atom is -0.381 e. The molecular weight excluding hydrogens is 314 g/mol. The fraction of sp³-hybridized carbons (Fsp3) is 0.588. The molecule has 1 heterocycles. The Hall–Kier alpha value is -0.650. The first-order chi connectivity index (χ1) is 10.8. The molecule has 3 nitrogen and oxygen atoms in total. The number of thioether (sulfide) groups is 2. The lowest BCUT2D eigenvalue weighted by Gasteiger charge is -2.10. The van der Waals surface area contributed by atoms with Gasteiger partial charge in [0.05, 0.1) is 4.58 Å². The Morgan fingerprint density at radius 1 is 1.18 bits per heavy atom. The maximum absolute atomic E-state index is 12.1. The summed E-state index contributed by atoms with van der Waals surface area (Å²) in [5.41, 5.74) is 2.06. The Morgan fingerprint density at radius 2 is 1.91 bits per heavy atom. The van der Waals surface area contributed by atoms with Crippen molar-refractivity contribution >= 4 is 29.4 Å². The summed E-state index contributed by atoms with van der Waals surface area (Å²) < 4.78 is 6.10. The van der Waals surface area contributed by atoms with Crippen LogP contribution in [0.1, 0.15) is 39.8 Å². The van der Waals surface area contributed by atoms with Gasteiger partial charge in [0.2, 0.25) is 0 Å². The van der Waals surface area contributed by atoms with Crippen molar-refractivity contribution < 1.29 is 9.53 Å². The number of carbonyl (C=O) groups excluding carboxylic acids is 1. The van der Waals surface area contributed by atoms with E-state index >= 15 is 0 Å². The highest BCUT2D eigenvalue weighted by atomic mass is 32.2. The molecular formula is C17H23NO2S2. The van der Waals surface area contributed by atoms with Crippen LogP contribution in [0.25, 0.3) is 0 Å². The largest absolute Gasteiger partial charge is 0.381 e. The number of amides is 1. The van der Waals surface area contributed by atoms with Crippen molar-refractivity contribution in [3.8, 4) is 0 Å². The molecule has 3 rings (SSSR count). The molecule has 1 saturated carbocycles. The highest BCUT2D eigenvalue weighted by Crippen LogP contribution is 2.45. The number of hydrogen-bond acceptors (Lipinski definition) is 4. The Bertz CT molecular complexity index is 482. The van der Waals surface area contributed by atoms with Crippen molar-refractivity contribution in [1.82, 2.24) is 5.32 Å². The zero-order valence-corrected chi connectivity index (χ0v) is 14.4. The number of ether oxygens (including phenoxy) is 1. The third kappa shape index (κ3) is 4.93. The molecule has 5 heteroatoms. The topological polar surface area (TPSA) is 38.3 Å². The predicted octanol–water partition coefficient (Wildman–Crippen LogP) is 3.71. The first kappa shape index (κ1) is 16.2. The fourth-order valence-corrected chi connectivity index (χ4v) is 5.21. The molecule has 1 N–H and O–H groups in total. The van der Waals surface area contributed by atoms with E-state index in [0.29, 0.717) is 11.1 Å². The lowest BCUT2D eigenvalue weighted by atomic mass is 10.1. The van der Waals surface area contributed by atoms with Crippen molar-refractivity contribution in [2.75, 3.05) is 31.3 Å². The molecule has 1 saturated heterocycles. The summed E-state index contributed by atoms with van der Waals surface area (Å²) in [5.74, 6) is 3.27. The van der Waals surface area contributed by atoms with Gasteiger partial charge in [-0.05, 0) is 42.9 Å². The second-order valence-electron chi connectivity index (χ2n) is 5.82. The Labute approximate surface area is 141 Å². The van der Waals surface area contributed by atoms with Crippen LogP contribution in [-0.4, -0.2) is 37.2 Å². The molecule has 1 amide bonds. The smallest absolute Gasteiger partial charge is 0.251 e. The van der Waals surface area contributed by atoms with E-state index in [1.54, 1.807) is 0 Å². The molecule has 0 unspecified atom stereocenters. The third-order valence-corrected chi connectivity index (χ3v) is 6.97. The number of benzene rings is 1. The molecule has 2 aliphatic rings. The van der Waals surface area contributed by atoms with E-state index in [1.165, 1.54) is 29.9 Å². The van der Waals surface area contributed by atoms with Crippen molar-refractivity contribution in [3.05, 3.63) is 35.4 Å². The minimum absolute atomic E-state index is 0.0143. The van der Waals surface area contributed by atoms with Crippen LogP contribution < -0.4 is 5.32 Å². The van der Waals surface area contributed by atoms with Gasteiger partial charge in [-0.3, -0.25) is 4.79 Å². The second-order valence-corrected chi connectivity index (χ2v) is 8.55. The number of hydrogen-bond donors (Lipinski definition) is 1. The summed E-state index contributed by atoms with van der Waals surface area (Å²) in [6.45, 7) is 2.32. The van der Waals surface area contributed by atoms with E-state index in [9.17, 15) is 4.79 Å². The van der Waals surface area contributed by atoms with Gasteiger partial charge in [0, 0.05) is 36.8 Å². The van der Waals surface area contributed by atoms with Crippen LogP contribution in [0.15, 0.2) is 24.3 Å². The summed E-state index contributed by atoms with van der Waals surface area (Å²) in [6.07, 6.45) is 3.53. The molecule has 1 aliphatic carbocycles. The van der Waals surface area contributed by atoms with Crippen molar-refractivity contribution in [2.45, 2.75) is 23.8 Å². The zero-order chi connectivity index (χ0) is 15.2. The SMILES string of the molecule is O=C(NCCCOCC1CC1)c1ccc(C2SCCS2)cc1. The Balaban J connectivity index is 1.35. The quantitative estimate of drug-likeness (QED) is 0.734. The van der Waals surface area contributed by atoms with Crippen LogP contribution in [0.3, 0.4) is 0 Å². The molecule has 0 bridgehead atoms. The van der Waals surface area contributed by atoms with E-state index in [-0.39, 0.29) is 5.91 Å². The third-order valence-electron chi connectivity index (χ3n) is 3.87. The zero-order valence-electron chi connectivity index (χ0n) is 12.8. The van der Waals surface area contributed by atoms with Crippen LogP contribution in [0.4, 0.5) is 0 Å². The Morgan fingerprint density at radius 3 is 2.59 bits per heavy atom. The normalized spacial score (nSPS) is 18.5. The molecule has 0 spiro atoms. The van der Waals surface area contributed by atoms with Gasteiger partial charge < -0.3 is 10.1 Å². The molecule has 120 valence electrons. The first-order valence-corrected chi connectivity index (χ1v) is 10.1. The average Bonchev–Trinajstić information content (AvgIpc) is 3.21. The second kappa shape index (κ2) is 8.27. The molecule has 1 aromatic rings. The number of rotatable bonds is 8. The molecule has 2 fully saturated rings. The van der Waals surface area contributed by atoms with Crippen LogP contribution in [-0.2, 0) is 4.74 Å². The van der Waals surface area contributed by atoms with Gasteiger partial charge in [-0.25, -0.2) is 0 Å². The van der Waals surface area contributed by atoms with Gasteiger partial charge in [0.25, 0.3) is 5.91 Å².